The van der Waals surface area contributed by atoms with Crippen LogP contribution in [0.3, 0.4) is 0 Å². The van der Waals surface area contributed by atoms with Gasteiger partial charge in [0.15, 0.2) is 5.75 Å². The molecular weight excluding hydrogens is 386 g/mol. The van der Waals surface area contributed by atoms with Gasteiger partial charge < -0.3 is 16.2 Å². The van der Waals surface area contributed by atoms with E-state index in [-0.39, 0.29) is 0 Å². The van der Waals surface area contributed by atoms with Crippen LogP contribution in [0, 0.1) is 0 Å². The zero-order chi connectivity index (χ0) is 22.2. The van der Waals surface area contributed by atoms with E-state index in [1.54, 1.807) is 18.2 Å². The molecule has 6 nitrogen and oxygen atoms in total. The van der Waals surface area contributed by atoms with Gasteiger partial charge in [-0.15, -0.1) is 5.10 Å². The second kappa shape index (κ2) is 15.4. The largest absolute Gasteiger partial charge is 0.435 e. The summed E-state index contributed by atoms with van der Waals surface area (Å²) in [5, 5.41) is 11.9. The fraction of sp³-hybridized carbons (Fsp3) is 0.640. The minimum Gasteiger partial charge on any atom is -0.435 e. The Morgan fingerprint density at radius 2 is 1.29 bits per heavy atom. The predicted molar refractivity (Wildman–Crippen MR) is 129 cm³/mol. The van der Waals surface area contributed by atoms with E-state index in [1.165, 1.54) is 83.5 Å². The molecule has 0 bridgehead atoms. The quantitative estimate of drug-likeness (QED) is 0.211. The van der Waals surface area contributed by atoms with Crippen molar-refractivity contribution in [1.82, 2.24) is 15.4 Å². The first kappa shape index (κ1) is 24.9. The molecule has 0 radical (unpaired) electrons. The maximum absolute atomic E-state index is 5.93. The van der Waals surface area contributed by atoms with Gasteiger partial charge >= 0.3 is 0 Å². The van der Waals surface area contributed by atoms with Crippen LogP contribution in [0.1, 0.15) is 103 Å². The van der Waals surface area contributed by atoms with Gasteiger partial charge in [0.1, 0.15) is 0 Å². The molecule has 0 saturated heterocycles. The van der Waals surface area contributed by atoms with Crippen LogP contribution in [0.4, 0.5) is 11.4 Å². The van der Waals surface area contributed by atoms with Crippen LogP contribution in [0.25, 0.3) is 0 Å². The normalized spacial score (nSPS) is 11.0. The lowest BCUT2D eigenvalue weighted by Gasteiger charge is -2.08. The van der Waals surface area contributed by atoms with E-state index in [4.69, 9.17) is 16.2 Å². The van der Waals surface area contributed by atoms with Crippen LogP contribution in [0.2, 0.25) is 0 Å². The molecule has 0 saturated carbocycles. The summed E-state index contributed by atoms with van der Waals surface area (Å²) in [7, 11) is 0. The Balaban J connectivity index is 1.51. The van der Waals surface area contributed by atoms with Crippen LogP contribution in [0.5, 0.6) is 11.6 Å². The van der Waals surface area contributed by atoms with E-state index < -0.39 is 0 Å². The minimum absolute atomic E-state index is 0.409. The molecular formula is C25H41N5O. The van der Waals surface area contributed by atoms with Crippen LogP contribution >= 0.6 is 0 Å². The summed E-state index contributed by atoms with van der Waals surface area (Å²) in [5.41, 5.74) is 13.6. The zero-order valence-electron chi connectivity index (χ0n) is 19.3. The molecule has 0 unspecified atom stereocenters. The van der Waals surface area contributed by atoms with Gasteiger partial charge in [-0.2, -0.15) is 0 Å². The summed E-state index contributed by atoms with van der Waals surface area (Å²) in [6.07, 6.45) is 19.9. The molecule has 4 N–H and O–H groups in total. The number of anilines is 2. The Morgan fingerprint density at radius 1 is 0.710 bits per heavy atom. The molecule has 1 heterocycles. The maximum atomic E-state index is 5.93. The van der Waals surface area contributed by atoms with Crippen molar-refractivity contribution < 1.29 is 4.74 Å². The molecule has 0 atom stereocenters. The van der Waals surface area contributed by atoms with E-state index in [1.807, 2.05) is 6.07 Å². The third-order valence-electron chi connectivity index (χ3n) is 5.64. The summed E-state index contributed by atoms with van der Waals surface area (Å²) >= 11 is 0. The highest BCUT2D eigenvalue weighted by molar-refractivity contribution is 5.61. The average molecular weight is 428 g/mol. The molecule has 0 aliphatic carbocycles. The summed E-state index contributed by atoms with van der Waals surface area (Å²) in [6, 6.07) is 6.99. The molecule has 2 aromatic rings. The molecule has 0 amide bonds. The number of rotatable bonds is 17. The van der Waals surface area contributed by atoms with Crippen LogP contribution in [-0.4, -0.2) is 15.4 Å². The van der Waals surface area contributed by atoms with E-state index in [0.29, 0.717) is 23.0 Å². The number of nitrogens with zero attached hydrogens (tertiary/aromatic N) is 3. The van der Waals surface area contributed by atoms with Crippen molar-refractivity contribution in [3.63, 3.8) is 0 Å². The van der Waals surface area contributed by atoms with E-state index in [2.05, 4.69) is 22.3 Å². The lowest BCUT2D eigenvalue weighted by molar-refractivity contribution is 0.449. The zero-order valence-corrected chi connectivity index (χ0v) is 19.3. The topological polar surface area (TPSA) is 99.9 Å². The molecule has 0 aliphatic heterocycles. The first-order valence-electron chi connectivity index (χ1n) is 12.2. The molecule has 2 rings (SSSR count). The Kier molecular flexibility index (Phi) is 12.4. The maximum Gasteiger partial charge on any atom is 0.242 e. The first-order chi connectivity index (χ1) is 15.2. The second-order valence-electron chi connectivity index (χ2n) is 8.51. The van der Waals surface area contributed by atoms with Crippen molar-refractivity contribution in [3.05, 3.63) is 30.0 Å². The van der Waals surface area contributed by atoms with Crippen molar-refractivity contribution in [3.8, 4) is 11.6 Å². The van der Waals surface area contributed by atoms with Gasteiger partial charge in [0.25, 0.3) is 0 Å². The fourth-order valence-corrected chi connectivity index (χ4v) is 3.77. The highest BCUT2D eigenvalue weighted by atomic mass is 16.5. The van der Waals surface area contributed by atoms with Gasteiger partial charge in [0.2, 0.25) is 5.88 Å². The number of benzene rings is 1. The van der Waals surface area contributed by atoms with Crippen molar-refractivity contribution in [2.75, 3.05) is 11.5 Å². The van der Waals surface area contributed by atoms with E-state index >= 15 is 0 Å². The van der Waals surface area contributed by atoms with Gasteiger partial charge in [0.05, 0.1) is 11.4 Å². The van der Waals surface area contributed by atoms with Gasteiger partial charge in [0, 0.05) is 11.8 Å². The summed E-state index contributed by atoms with van der Waals surface area (Å²) in [5.74, 6) is 0.934. The first-order valence-corrected chi connectivity index (χ1v) is 12.2. The van der Waals surface area contributed by atoms with Crippen molar-refractivity contribution in [1.29, 1.82) is 0 Å². The Morgan fingerprint density at radius 3 is 1.87 bits per heavy atom. The molecule has 1 aromatic carbocycles. The molecule has 1 aromatic heterocycles. The number of aryl methyl sites for hydroxylation is 1. The Labute approximate surface area is 188 Å². The van der Waals surface area contributed by atoms with Crippen molar-refractivity contribution in [2.45, 2.75) is 103 Å². The Hall–Kier alpha value is -2.37. The highest BCUT2D eigenvalue weighted by Crippen LogP contribution is 2.27. The molecule has 31 heavy (non-hydrogen) atoms. The standard InChI is InChI=1S/C25H41N5O/c1-2-3-4-5-6-7-8-9-10-11-12-13-14-15-16-22-20-25(29-30-28-22)31-24-18-17-21(26)19-23(24)27/h17-20H,2-16,26-27H2,1H3. The highest BCUT2D eigenvalue weighted by Gasteiger charge is 2.06. The number of nitrogens with two attached hydrogens (primary N) is 2. The third kappa shape index (κ3) is 11.0. The van der Waals surface area contributed by atoms with Crippen LogP contribution in [0.15, 0.2) is 24.3 Å². The summed E-state index contributed by atoms with van der Waals surface area (Å²) < 4.78 is 5.73. The van der Waals surface area contributed by atoms with Crippen molar-refractivity contribution >= 4 is 11.4 Å². The molecule has 172 valence electrons. The van der Waals surface area contributed by atoms with Crippen molar-refractivity contribution in [2.24, 2.45) is 0 Å². The van der Waals surface area contributed by atoms with Crippen LogP contribution < -0.4 is 16.2 Å². The van der Waals surface area contributed by atoms with Gasteiger partial charge in [-0.05, 0) is 36.3 Å². The number of unbranched alkanes of at least 4 members (excludes halogenated alkanes) is 13. The monoisotopic (exact) mass is 427 g/mol. The average Bonchev–Trinajstić information content (AvgIpc) is 2.76. The smallest absolute Gasteiger partial charge is 0.242 e. The lowest BCUT2D eigenvalue weighted by atomic mass is 10.0. The fourth-order valence-electron chi connectivity index (χ4n) is 3.77. The number of ether oxygens (including phenoxy) is 1. The molecule has 0 fully saturated rings. The Bertz CT molecular complexity index is 738. The third-order valence-corrected chi connectivity index (χ3v) is 5.64. The van der Waals surface area contributed by atoms with E-state index in [9.17, 15) is 0 Å². The second-order valence-corrected chi connectivity index (χ2v) is 8.51. The number of aromatic nitrogens is 3. The number of hydrogen-bond donors (Lipinski definition) is 2. The van der Waals surface area contributed by atoms with Gasteiger partial charge in [-0.25, -0.2) is 0 Å². The van der Waals surface area contributed by atoms with Gasteiger partial charge in [-0.3, -0.25) is 0 Å². The molecule has 0 aliphatic rings. The number of nitrogen functional groups attached to an aromatic ring is 2. The molecule has 0 spiro atoms. The van der Waals surface area contributed by atoms with E-state index in [0.717, 1.165) is 18.5 Å². The van der Waals surface area contributed by atoms with Gasteiger partial charge in [-0.1, -0.05) is 95.5 Å². The summed E-state index contributed by atoms with van der Waals surface area (Å²) in [6.45, 7) is 2.28. The predicted octanol–water partition coefficient (Wildman–Crippen LogP) is 6.85. The SMILES string of the molecule is CCCCCCCCCCCCCCCCc1cc(Oc2ccc(N)cc2N)nnn1. The molecule has 6 heteroatoms. The van der Waals surface area contributed by atoms with Crippen LogP contribution in [-0.2, 0) is 6.42 Å². The lowest BCUT2D eigenvalue weighted by Crippen LogP contribution is -2.00. The summed E-state index contributed by atoms with van der Waals surface area (Å²) in [4.78, 5) is 0. The number of hydrogen-bond acceptors (Lipinski definition) is 6. The minimum atomic E-state index is 0.409.